The lowest BCUT2D eigenvalue weighted by atomic mass is 9.98. The number of anilines is 1. The van der Waals surface area contributed by atoms with Gasteiger partial charge in [-0.25, -0.2) is 4.79 Å². The number of amides is 2. The summed E-state index contributed by atoms with van der Waals surface area (Å²) in [5.41, 5.74) is 4.76. The van der Waals surface area contributed by atoms with Crippen LogP contribution < -0.4 is 15.5 Å². The van der Waals surface area contributed by atoms with Crippen LogP contribution in [0, 0.1) is 6.92 Å². The fourth-order valence-electron chi connectivity index (χ4n) is 3.84. The van der Waals surface area contributed by atoms with E-state index in [9.17, 15) is 4.79 Å². The first-order valence-electron chi connectivity index (χ1n) is 9.75. The van der Waals surface area contributed by atoms with Gasteiger partial charge in [0.1, 0.15) is 6.54 Å². The van der Waals surface area contributed by atoms with E-state index in [-0.39, 0.29) is 12.1 Å². The van der Waals surface area contributed by atoms with Crippen LogP contribution in [0.1, 0.15) is 28.5 Å². The number of urea groups is 1. The predicted octanol–water partition coefficient (Wildman–Crippen LogP) is 3.09. The second-order valence-electron chi connectivity index (χ2n) is 7.37. The number of furan rings is 1. The second kappa shape index (κ2) is 8.31. The molecule has 1 aliphatic rings. The van der Waals surface area contributed by atoms with Gasteiger partial charge in [-0.15, -0.1) is 0 Å². The largest absolute Gasteiger partial charge is 0.463 e. The molecule has 1 aliphatic heterocycles. The summed E-state index contributed by atoms with van der Waals surface area (Å²) >= 11 is 0. The van der Waals surface area contributed by atoms with Crippen molar-refractivity contribution in [2.75, 3.05) is 18.4 Å². The molecule has 1 aromatic heterocycles. The van der Waals surface area contributed by atoms with E-state index in [2.05, 4.69) is 34.9 Å². The zero-order valence-electron chi connectivity index (χ0n) is 16.1. The molecule has 2 heterocycles. The lowest BCUT2D eigenvalue weighted by molar-refractivity contribution is -0.946. The lowest BCUT2D eigenvalue weighted by Crippen LogP contribution is -3.12. The summed E-state index contributed by atoms with van der Waals surface area (Å²) in [5.74, 6) is 0.907. The van der Waals surface area contributed by atoms with E-state index in [1.54, 1.807) is 6.26 Å². The molecule has 0 aliphatic carbocycles. The summed E-state index contributed by atoms with van der Waals surface area (Å²) in [6, 6.07) is 20.2. The Kier molecular flexibility index (Phi) is 5.44. The van der Waals surface area contributed by atoms with Gasteiger partial charge in [-0.3, -0.25) is 0 Å². The van der Waals surface area contributed by atoms with E-state index < -0.39 is 0 Å². The number of rotatable bonds is 5. The number of aryl methyl sites for hydroxylation is 1. The normalized spacial score (nSPS) is 16.8. The van der Waals surface area contributed by atoms with Gasteiger partial charge in [0.15, 0.2) is 11.8 Å². The molecule has 2 aromatic carbocycles. The molecule has 0 saturated heterocycles. The van der Waals surface area contributed by atoms with Crippen LogP contribution in [-0.2, 0) is 13.0 Å². The molecular weight excluding hydrogens is 350 g/mol. The number of nitrogens with one attached hydrogen (secondary N) is 3. The average Bonchev–Trinajstić information content (AvgIpc) is 3.24. The zero-order chi connectivity index (χ0) is 19.3. The molecule has 2 atom stereocenters. The molecule has 3 N–H and O–H groups in total. The highest BCUT2D eigenvalue weighted by atomic mass is 16.3. The summed E-state index contributed by atoms with van der Waals surface area (Å²) in [4.78, 5) is 13.8. The van der Waals surface area contributed by atoms with Crippen molar-refractivity contribution in [1.29, 1.82) is 0 Å². The van der Waals surface area contributed by atoms with Gasteiger partial charge in [0, 0.05) is 17.7 Å². The predicted molar refractivity (Wildman–Crippen MR) is 109 cm³/mol. The first-order valence-corrected chi connectivity index (χ1v) is 9.75. The van der Waals surface area contributed by atoms with Crippen LogP contribution in [0.2, 0.25) is 0 Å². The van der Waals surface area contributed by atoms with Crippen molar-refractivity contribution >= 4 is 11.7 Å². The van der Waals surface area contributed by atoms with Crippen LogP contribution in [-0.4, -0.2) is 19.1 Å². The quantitative estimate of drug-likeness (QED) is 0.641. The molecule has 0 bridgehead atoms. The maximum Gasteiger partial charge on any atom is 0.319 e. The standard InChI is InChI=1S/C23H25N3O2/c1-17-8-10-20(11-9-17)25-23(27)24-15-21(22-7-4-14-28-22)26-13-12-18-5-2-3-6-19(18)16-26/h2-11,14,21H,12-13,15-16H2,1H3,(H2,24,25,27)/p+1/t21-/m1/s1. The molecule has 1 unspecified atom stereocenters. The van der Waals surface area contributed by atoms with E-state index in [1.165, 1.54) is 16.0 Å². The van der Waals surface area contributed by atoms with E-state index in [1.807, 2.05) is 43.3 Å². The average molecular weight is 376 g/mol. The molecular formula is C23H26N3O2+. The number of carbonyl (C=O) groups excluding carboxylic acids is 1. The monoisotopic (exact) mass is 376 g/mol. The number of fused-ring (bicyclic) bond motifs is 1. The number of hydrogen-bond donors (Lipinski definition) is 3. The van der Waals surface area contributed by atoms with Crippen molar-refractivity contribution in [3.8, 4) is 0 Å². The van der Waals surface area contributed by atoms with Crippen LogP contribution in [0.4, 0.5) is 10.5 Å². The van der Waals surface area contributed by atoms with Gasteiger partial charge in [0.05, 0.1) is 19.4 Å². The first kappa shape index (κ1) is 18.3. The third kappa shape index (κ3) is 4.26. The van der Waals surface area contributed by atoms with Crippen molar-refractivity contribution in [3.05, 3.63) is 89.4 Å². The minimum absolute atomic E-state index is 0.0760. The maximum atomic E-state index is 12.4. The highest BCUT2D eigenvalue weighted by Crippen LogP contribution is 2.16. The molecule has 28 heavy (non-hydrogen) atoms. The smallest absolute Gasteiger partial charge is 0.319 e. The number of hydrogen-bond acceptors (Lipinski definition) is 2. The van der Waals surface area contributed by atoms with Gasteiger partial charge in [-0.1, -0.05) is 42.0 Å². The van der Waals surface area contributed by atoms with E-state index in [0.29, 0.717) is 6.54 Å². The van der Waals surface area contributed by atoms with Crippen LogP contribution in [0.15, 0.2) is 71.3 Å². The van der Waals surface area contributed by atoms with Crippen molar-refractivity contribution in [1.82, 2.24) is 5.32 Å². The Labute approximate surface area is 165 Å². The van der Waals surface area contributed by atoms with Gasteiger partial charge >= 0.3 is 6.03 Å². The van der Waals surface area contributed by atoms with E-state index in [4.69, 9.17) is 4.42 Å². The van der Waals surface area contributed by atoms with Crippen molar-refractivity contribution in [2.45, 2.75) is 25.9 Å². The molecule has 0 radical (unpaired) electrons. The molecule has 4 rings (SSSR count). The van der Waals surface area contributed by atoms with E-state index in [0.717, 1.165) is 36.5 Å². The Bertz CT molecular complexity index is 919. The second-order valence-corrected chi connectivity index (χ2v) is 7.37. The number of carbonyl (C=O) groups is 1. The molecule has 144 valence electrons. The molecule has 5 nitrogen and oxygen atoms in total. The Balaban J connectivity index is 1.43. The highest BCUT2D eigenvalue weighted by molar-refractivity contribution is 5.89. The molecule has 5 heteroatoms. The highest BCUT2D eigenvalue weighted by Gasteiger charge is 2.30. The molecule has 0 spiro atoms. The summed E-state index contributed by atoms with van der Waals surface area (Å²) in [6.45, 7) is 4.49. The fourth-order valence-corrected chi connectivity index (χ4v) is 3.84. The van der Waals surface area contributed by atoms with Gasteiger partial charge in [-0.2, -0.15) is 0 Å². The van der Waals surface area contributed by atoms with Crippen LogP contribution in [0.3, 0.4) is 0 Å². The third-order valence-corrected chi connectivity index (χ3v) is 5.41. The Morgan fingerprint density at radius 1 is 1.07 bits per heavy atom. The van der Waals surface area contributed by atoms with Crippen molar-refractivity contribution < 1.29 is 14.1 Å². The SMILES string of the molecule is Cc1ccc(NC(=O)NC[C@H](c2ccco2)[NH+]2CCc3ccccc3C2)cc1. The number of quaternary nitrogens is 1. The summed E-state index contributed by atoms with van der Waals surface area (Å²) < 4.78 is 5.71. The third-order valence-electron chi connectivity index (χ3n) is 5.41. The first-order chi connectivity index (χ1) is 13.7. The maximum absolute atomic E-state index is 12.4. The van der Waals surface area contributed by atoms with Crippen molar-refractivity contribution in [2.24, 2.45) is 0 Å². The molecule has 3 aromatic rings. The van der Waals surface area contributed by atoms with Gasteiger partial charge < -0.3 is 20.0 Å². The summed E-state index contributed by atoms with van der Waals surface area (Å²) in [7, 11) is 0. The Hall–Kier alpha value is -3.05. The lowest BCUT2D eigenvalue weighted by Gasteiger charge is -2.31. The van der Waals surface area contributed by atoms with E-state index >= 15 is 0 Å². The zero-order valence-corrected chi connectivity index (χ0v) is 16.1. The molecule has 2 amide bonds. The van der Waals surface area contributed by atoms with Gasteiger partial charge in [-0.05, 0) is 36.8 Å². The molecule has 0 saturated carbocycles. The van der Waals surface area contributed by atoms with Crippen LogP contribution in [0.25, 0.3) is 0 Å². The van der Waals surface area contributed by atoms with Gasteiger partial charge in [0.2, 0.25) is 0 Å². The fraction of sp³-hybridized carbons (Fsp3) is 0.261. The minimum atomic E-state index is -0.197. The van der Waals surface area contributed by atoms with Crippen LogP contribution in [0.5, 0.6) is 0 Å². The number of benzene rings is 2. The van der Waals surface area contributed by atoms with Crippen molar-refractivity contribution in [3.63, 3.8) is 0 Å². The van der Waals surface area contributed by atoms with Crippen LogP contribution >= 0.6 is 0 Å². The summed E-state index contributed by atoms with van der Waals surface area (Å²) in [6.07, 6.45) is 2.74. The summed E-state index contributed by atoms with van der Waals surface area (Å²) in [5, 5.41) is 5.92. The van der Waals surface area contributed by atoms with Gasteiger partial charge in [0.25, 0.3) is 0 Å². The Morgan fingerprint density at radius 2 is 1.86 bits per heavy atom. The topological polar surface area (TPSA) is 58.7 Å². The Morgan fingerprint density at radius 3 is 2.61 bits per heavy atom. The molecule has 0 fully saturated rings. The minimum Gasteiger partial charge on any atom is -0.463 e.